The number of nitrogens with zero attached hydrogens (tertiary/aromatic N) is 1. The van der Waals surface area contributed by atoms with Crippen LogP contribution in [0.4, 0.5) is 0 Å². The fourth-order valence-electron chi connectivity index (χ4n) is 2.50. The Balaban J connectivity index is 2.34. The highest BCUT2D eigenvalue weighted by Gasteiger charge is 2.66. The maximum absolute atomic E-state index is 12.5. The molecule has 9 nitrogen and oxygen atoms in total. The van der Waals surface area contributed by atoms with Crippen LogP contribution in [0.2, 0.25) is 0 Å². The van der Waals surface area contributed by atoms with Gasteiger partial charge in [0, 0.05) is 32.3 Å². The number of carboxylic acid groups (broad SMARTS) is 1. The Hall–Kier alpha value is -2.07. The number of aliphatic carboxylic acids is 1. The number of fused-ring (bicyclic) bond motifs is 1. The topological polar surface area (TPSA) is 122 Å². The molecule has 2 amide bonds. The molecule has 2 N–H and O–H groups in total. The van der Waals surface area contributed by atoms with Gasteiger partial charge < -0.3 is 19.9 Å². The van der Waals surface area contributed by atoms with Crippen molar-refractivity contribution in [2.75, 3.05) is 19.5 Å². The molecule has 1 saturated heterocycles. The Morgan fingerprint density at radius 2 is 2.09 bits per heavy atom. The van der Waals surface area contributed by atoms with E-state index in [1.807, 2.05) is 0 Å². The first-order valence-electron chi connectivity index (χ1n) is 6.62. The number of thioether (sulfide) groups is 1. The zero-order chi connectivity index (χ0) is 17.4. The van der Waals surface area contributed by atoms with Crippen molar-refractivity contribution >= 4 is 35.5 Å². The summed E-state index contributed by atoms with van der Waals surface area (Å²) in [5, 5.41) is 11.2. The van der Waals surface area contributed by atoms with Crippen molar-refractivity contribution in [1.82, 2.24) is 10.2 Å². The molecule has 2 aliphatic heterocycles. The molecular formula is C13H16N2O7S. The third kappa shape index (κ3) is 2.79. The van der Waals surface area contributed by atoms with Gasteiger partial charge in [-0.1, -0.05) is 0 Å². The lowest BCUT2D eigenvalue weighted by atomic mass is 9.98. The quantitative estimate of drug-likeness (QED) is 0.381. The van der Waals surface area contributed by atoms with Crippen LogP contribution in [0.25, 0.3) is 0 Å². The van der Waals surface area contributed by atoms with Gasteiger partial charge in [0.05, 0.1) is 0 Å². The van der Waals surface area contributed by atoms with E-state index in [-0.39, 0.29) is 18.1 Å². The van der Waals surface area contributed by atoms with Crippen molar-refractivity contribution in [2.24, 2.45) is 0 Å². The van der Waals surface area contributed by atoms with Gasteiger partial charge in [-0.3, -0.25) is 19.3 Å². The van der Waals surface area contributed by atoms with Crippen LogP contribution in [0.5, 0.6) is 0 Å². The Bertz CT molecular complexity index is 617. The molecule has 2 rings (SSSR count). The van der Waals surface area contributed by atoms with Crippen LogP contribution in [0, 0.1) is 0 Å². The van der Waals surface area contributed by atoms with Crippen LogP contribution in [0.3, 0.4) is 0 Å². The predicted molar refractivity (Wildman–Crippen MR) is 77.9 cm³/mol. The number of hydrogen-bond acceptors (Lipinski definition) is 7. The molecule has 2 heterocycles. The van der Waals surface area contributed by atoms with Gasteiger partial charge in [-0.05, 0) is 0 Å². The summed E-state index contributed by atoms with van der Waals surface area (Å²) >= 11 is 1.22. The van der Waals surface area contributed by atoms with Crippen LogP contribution in [-0.2, 0) is 28.7 Å². The zero-order valence-electron chi connectivity index (χ0n) is 12.7. The van der Waals surface area contributed by atoms with Gasteiger partial charge in [0.2, 0.25) is 5.91 Å². The summed E-state index contributed by atoms with van der Waals surface area (Å²) < 4.78 is 10.0. The minimum Gasteiger partial charge on any atom is -0.477 e. The Labute approximate surface area is 136 Å². The average molecular weight is 344 g/mol. The molecule has 0 spiro atoms. The van der Waals surface area contributed by atoms with Gasteiger partial charge in [0.15, 0.2) is 0 Å². The monoisotopic (exact) mass is 344 g/mol. The molecule has 0 radical (unpaired) electrons. The van der Waals surface area contributed by atoms with Crippen molar-refractivity contribution in [3.63, 3.8) is 0 Å². The summed E-state index contributed by atoms with van der Waals surface area (Å²) in [7, 11) is 1.27. The van der Waals surface area contributed by atoms with Gasteiger partial charge in [-0.2, -0.15) is 0 Å². The SMILES string of the molecule is CO[C@@]1(NC(C)=O)C(=O)N2C(C(=O)O)=C(COC(C)=O)CS[C@@H]21. The highest BCUT2D eigenvalue weighted by molar-refractivity contribution is 8.00. The van der Waals surface area contributed by atoms with E-state index in [2.05, 4.69) is 5.32 Å². The molecule has 126 valence electrons. The standard InChI is InChI=1S/C13H16N2O7S/c1-6(16)14-13(21-3)11(20)15-9(10(18)19)8(4-22-7(2)17)5-23-12(13)15/h12H,4-5H2,1-3H3,(H,14,16)(H,18,19)/t12-,13+/m1/s1. The molecule has 10 heteroatoms. The maximum Gasteiger partial charge on any atom is 0.352 e. The lowest BCUT2D eigenvalue weighted by Gasteiger charge is -2.55. The largest absolute Gasteiger partial charge is 0.477 e. The summed E-state index contributed by atoms with van der Waals surface area (Å²) in [6.07, 6.45) is 0. The van der Waals surface area contributed by atoms with E-state index in [4.69, 9.17) is 9.47 Å². The van der Waals surface area contributed by atoms with Crippen LogP contribution < -0.4 is 5.32 Å². The molecule has 0 aliphatic carbocycles. The average Bonchev–Trinajstić information content (AvgIpc) is 2.48. The molecule has 0 aromatic heterocycles. The van der Waals surface area contributed by atoms with Crippen molar-refractivity contribution in [2.45, 2.75) is 24.9 Å². The molecule has 2 aliphatic rings. The molecule has 0 unspecified atom stereocenters. The van der Waals surface area contributed by atoms with E-state index in [0.717, 1.165) is 4.90 Å². The number of carbonyl (C=O) groups excluding carboxylic acids is 3. The Morgan fingerprint density at radius 3 is 2.57 bits per heavy atom. The number of amides is 2. The summed E-state index contributed by atoms with van der Waals surface area (Å²) in [5.41, 5.74) is -1.50. The molecule has 2 atom stereocenters. The van der Waals surface area contributed by atoms with E-state index < -0.39 is 34.9 Å². The van der Waals surface area contributed by atoms with E-state index in [1.165, 1.54) is 32.7 Å². The number of carbonyl (C=O) groups is 4. The summed E-state index contributed by atoms with van der Waals surface area (Å²) in [6.45, 7) is 2.24. The highest BCUT2D eigenvalue weighted by atomic mass is 32.2. The van der Waals surface area contributed by atoms with Crippen molar-refractivity contribution in [3.05, 3.63) is 11.3 Å². The van der Waals surface area contributed by atoms with Gasteiger partial charge in [-0.15, -0.1) is 11.8 Å². The second-order valence-electron chi connectivity index (χ2n) is 5.00. The molecule has 1 fully saturated rings. The first-order valence-corrected chi connectivity index (χ1v) is 7.67. The molecule has 0 aromatic rings. The van der Waals surface area contributed by atoms with Crippen LogP contribution in [-0.4, -0.2) is 64.3 Å². The van der Waals surface area contributed by atoms with E-state index >= 15 is 0 Å². The van der Waals surface area contributed by atoms with Gasteiger partial charge >= 0.3 is 11.9 Å². The predicted octanol–water partition coefficient (Wildman–Crippen LogP) is -0.718. The summed E-state index contributed by atoms with van der Waals surface area (Å²) in [4.78, 5) is 47.3. The number of β-lactam (4-membered cyclic amide) rings is 1. The van der Waals surface area contributed by atoms with Crippen LogP contribution in [0.15, 0.2) is 11.3 Å². The summed E-state index contributed by atoms with van der Waals surface area (Å²) in [6, 6.07) is 0. The number of nitrogens with one attached hydrogen (secondary N) is 1. The number of esters is 1. The van der Waals surface area contributed by atoms with Gasteiger partial charge in [-0.25, -0.2) is 4.79 Å². The van der Waals surface area contributed by atoms with Gasteiger partial charge in [0.25, 0.3) is 11.6 Å². The first-order chi connectivity index (χ1) is 10.7. The van der Waals surface area contributed by atoms with E-state index in [9.17, 15) is 24.3 Å². The molecule has 0 saturated carbocycles. The van der Waals surface area contributed by atoms with Crippen molar-refractivity contribution in [1.29, 1.82) is 0 Å². The second kappa shape index (κ2) is 6.20. The van der Waals surface area contributed by atoms with Crippen LogP contribution >= 0.6 is 11.8 Å². The second-order valence-corrected chi connectivity index (χ2v) is 6.07. The minimum absolute atomic E-state index is 0.208. The number of rotatable bonds is 5. The number of methoxy groups -OCH3 is 1. The number of carboxylic acids is 1. The van der Waals surface area contributed by atoms with Crippen molar-refractivity contribution in [3.8, 4) is 0 Å². The number of ether oxygens (including phenoxy) is 2. The number of hydrogen-bond donors (Lipinski definition) is 2. The third-order valence-corrected chi connectivity index (χ3v) is 4.82. The smallest absolute Gasteiger partial charge is 0.352 e. The fraction of sp³-hybridized carbons (Fsp3) is 0.538. The summed E-state index contributed by atoms with van der Waals surface area (Å²) in [5.74, 6) is -2.77. The normalized spacial score (nSPS) is 26.3. The third-order valence-electron chi connectivity index (χ3n) is 3.45. The lowest BCUT2D eigenvalue weighted by molar-refractivity contribution is -0.192. The maximum atomic E-state index is 12.5. The molecule has 23 heavy (non-hydrogen) atoms. The lowest BCUT2D eigenvalue weighted by Crippen LogP contribution is -2.80. The van der Waals surface area contributed by atoms with Crippen molar-refractivity contribution < 1.29 is 33.8 Å². The molecule has 0 aromatic carbocycles. The zero-order valence-corrected chi connectivity index (χ0v) is 13.6. The van der Waals surface area contributed by atoms with E-state index in [0.29, 0.717) is 5.57 Å². The van der Waals surface area contributed by atoms with Crippen LogP contribution in [0.1, 0.15) is 13.8 Å². The molecule has 0 bridgehead atoms. The highest BCUT2D eigenvalue weighted by Crippen LogP contribution is 2.46. The minimum atomic E-state index is -1.58. The Kier molecular flexibility index (Phi) is 4.66. The first kappa shape index (κ1) is 17.3. The fourth-order valence-corrected chi connectivity index (χ4v) is 3.92. The molecular weight excluding hydrogens is 328 g/mol. The Morgan fingerprint density at radius 1 is 1.43 bits per heavy atom. The van der Waals surface area contributed by atoms with E-state index in [1.54, 1.807) is 0 Å². The van der Waals surface area contributed by atoms with Gasteiger partial charge in [0.1, 0.15) is 17.7 Å².